The maximum Gasteiger partial charge on any atom is 0.254 e. The molecule has 1 atom stereocenters. The van der Waals surface area contributed by atoms with Gasteiger partial charge in [0.25, 0.3) is 5.91 Å². The highest BCUT2D eigenvalue weighted by molar-refractivity contribution is 7.10. The number of halogens is 1. The van der Waals surface area contributed by atoms with Gasteiger partial charge in [-0.25, -0.2) is 0 Å². The van der Waals surface area contributed by atoms with Crippen LogP contribution < -0.4 is 9.47 Å². The van der Waals surface area contributed by atoms with Gasteiger partial charge in [0, 0.05) is 41.7 Å². The highest BCUT2D eigenvalue weighted by Crippen LogP contribution is 2.34. The number of thiophene rings is 1. The molecule has 2 heterocycles. The van der Waals surface area contributed by atoms with Crippen molar-refractivity contribution in [2.24, 2.45) is 0 Å². The van der Waals surface area contributed by atoms with Crippen molar-refractivity contribution >= 4 is 34.8 Å². The number of carbonyl (C=O) groups excluding carboxylic acids is 2. The Hall–Kier alpha value is -3.07. The quantitative estimate of drug-likeness (QED) is 0.381. The molecule has 7 nitrogen and oxygen atoms in total. The molecule has 36 heavy (non-hydrogen) atoms. The van der Waals surface area contributed by atoms with E-state index in [4.69, 9.17) is 25.8 Å². The monoisotopic (exact) mass is 528 g/mol. The van der Waals surface area contributed by atoms with Gasteiger partial charge in [-0.1, -0.05) is 23.7 Å². The van der Waals surface area contributed by atoms with Gasteiger partial charge in [0.15, 0.2) is 0 Å². The van der Waals surface area contributed by atoms with E-state index in [0.29, 0.717) is 41.8 Å². The molecule has 3 aromatic rings. The van der Waals surface area contributed by atoms with E-state index in [9.17, 15) is 9.59 Å². The standard InChI is InChI=1S/C27H29ClN2O5S/c1-33-13-12-29(27(32)19-5-3-6-20(28)15-19)17-26(31)30-11-9-25-23(10-14-36-25)24(30)18-35-22-8-4-7-21(16-22)34-2/h3-8,10,14-16,24H,9,11-13,17-18H2,1-2H3/t24-/m0/s1. The predicted octanol–water partition coefficient (Wildman–Crippen LogP) is 4.70. The van der Waals surface area contributed by atoms with Crippen molar-refractivity contribution in [2.75, 3.05) is 47.1 Å². The number of hydrogen-bond acceptors (Lipinski definition) is 6. The zero-order valence-corrected chi connectivity index (χ0v) is 21.9. The number of nitrogens with zero attached hydrogens (tertiary/aromatic N) is 2. The van der Waals surface area contributed by atoms with Crippen molar-refractivity contribution in [3.8, 4) is 11.5 Å². The van der Waals surface area contributed by atoms with Gasteiger partial charge in [0.2, 0.25) is 5.91 Å². The highest BCUT2D eigenvalue weighted by atomic mass is 35.5. The maximum atomic E-state index is 13.6. The molecule has 2 amide bonds. The fourth-order valence-electron chi connectivity index (χ4n) is 4.25. The number of methoxy groups -OCH3 is 2. The van der Waals surface area contributed by atoms with Crippen LogP contribution in [0.3, 0.4) is 0 Å². The van der Waals surface area contributed by atoms with Crippen LogP contribution in [0.15, 0.2) is 60.0 Å². The molecular weight excluding hydrogens is 500 g/mol. The van der Waals surface area contributed by atoms with E-state index >= 15 is 0 Å². The Balaban J connectivity index is 1.52. The summed E-state index contributed by atoms with van der Waals surface area (Å²) >= 11 is 7.79. The largest absolute Gasteiger partial charge is 0.497 e. The topological polar surface area (TPSA) is 68.3 Å². The van der Waals surface area contributed by atoms with E-state index in [1.165, 1.54) is 9.78 Å². The molecule has 190 valence electrons. The van der Waals surface area contributed by atoms with Gasteiger partial charge in [-0.05, 0) is 53.8 Å². The van der Waals surface area contributed by atoms with Gasteiger partial charge in [-0.2, -0.15) is 0 Å². The Kier molecular flexibility index (Phi) is 8.85. The third-order valence-corrected chi connectivity index (χ3v) is 7.35. The van der Waals surface area contributed by atoms with Crippen LogP contribution in [0.1, 0.15) is 26.8 Å². The number of rotatable bonds is 10. The first kappa shape index (κ1) is 26.0. The molecule has 0 bridgehead atoms. The third kappa shape index (κ3) is 6.19. The van der Waals surface area contributed by atoms with Gasteiger partial charge in [0.1, 0.15) is 24.7 Å². The Bertz CT molecular complexity index is 1200. The first-order valence-corrected chi connectivity index (χ1v) is 12.9. The van der Waals surface area contributed by atoms with E-state index in [1.807, 2.05) is 34.5 Å². The van der Waals surface area contributed by atoms with Crippen molar-refractivity contribution in [1.29, 1.82) is 0 Å². The van der Waals surface area contributed by atoms with Crippen LogP contribution in [0, 0.1) is 0 Å². The summed E-state index contributed by atoms with van der Waals surface area (Å²) in [5.41, 5.74) is 1.52. The minimum absolute atomic E-state index is 0.0656. The summed E-state index contributed by atoms with van der Waals surface area (Å²) in [4.78, 5) is 31.4. The van der Waals surface area contributed by atoms with E-state index in [0.717, 1.165) is 12.0 Å². The fourth-order valence-corrected chi connectivity index (χ4v) is 5.37. The summed E-state index contributed by atoms with van der Waals surface area (Å²) in [5.74, 6) is 0.966. The number of carbonyl (C=O) groups is 2. The van der Waals surface area contributed by atoms with E-state index in [2.05, 4.69) is 6.07 Å². The highest BCUT2D eigenvalue weighted by Gasteiger charge is 2.33. The average molecular weight is 529 g/mol. The zero-order chi connectivity index (χ0) is 25.5. The molecule has 0 saturated carbocycles. The molecule has 0 radical (unpaired) electrons. The molecule has 9 heteroatoms. The maximum absolute atomic E-state index is 13.6. The van der Waals surface area contributed by atoms with E-state index < -0.39 is 0 Å². The second-order valence-electron chi connectivity index (χ2n) is 8.37. The minimum atomic E-state index is -0.264. The average Bonchev–Trinajstić information content (AvgIpc) is 3.38. The molecule has 2 aromatic carbocycles. The first-order chi connectivity index (χ1) is 17.5. The second-order valence-corrected chi connectivity index (χ2v) is 9.81. The second kappa shape index (κ2) is 12.3. The van der Waals surface area contributed by atoms with Gasteiger partial charge in [-0.15, -0.1) is 11.3 Å². The van der Waals surface area contributed by atoms with Crippen LogP contribution in [-0.2, 0) is 16.0 Å². The van der Waals surface area contributed by atoms with Crippen LogP contribution >= 0.6 is 22.9 Å². The van der Waals surface area contributed by atoms with Gasteiger partial charge < -0.3 is 24.0 Å². The SMILES string of the molecule is COCCN(CC(=O)N1CCc2sccc2[C@@H]1COc1cccc(OC)c1)C(=O)c1cccc(Cl)c1. The molecule has 1 aliphatic rings. The van der Waals surface area contributed by atoms with Crippen molar-refractivity contribution in [2.45, 2.75) is 12.5 Å². The molecule has 0 fully saturated rings. The molecule has 1 aliphatic heterocycles. The summed E-state index contributed by atoms with van der Waals surface area (Å²) in [6.07, 6.45) is 0.773. The molecule has 0 unspecified atom stereocenters. The molecule has 4 rings (SSSR count). The first-order valence-electron chi connectivity index (χ1n) is 11.7. The van der Waals surface area contributed by atoms with Crippen molar-refractivity contribution < 1.29 is 23.8 Å². The van der Waals surface area contributed by atoms with Gasteiger partial charge in [-0.3, -0.25) is 9.59 Å². The normalized spacial score (nSPS) is 14.8. The predicted molar refractivity (Wildman–Crippen MR) is 140 cm³/mol. The van der Waals surface area contributed by atoms with E-state index in [-0.39, 0.29) is 30.9 Å². The lowest BCUT2D eigenvalue weighted by molar-refractivity contribution is -0.135. The molecule has 0 spiro atoms. The Morgan fingerprint density at radius 3 is 2.69 bits per heavy atom. The van der Waals surface area contributed by atoms with Crippen LogP contribution in [0.2, 0.25) is 5.02 Å². The lowest BCUT2D eigenvalue weighted by atomic mass is 10.0. The number of amides is 2. The number of hydrogen-bond donors (Lipinski definition) is 0. The lowest BCUT2D eigenvalue weighted by Crippen LogP contribution is -2.48. The summed E-state index contributed by atoms with van der Waals surface area (Å²) in [6, 6.07) is 15.9. The van der Waals surface area contributed by atoms with Gasteiger partial charge >= 0.3 is 0 Å². The Labute approximate surface area is 220 Å². The van der Waals surface area contributed by atoms with Crippen LogP contribution in [0.4, 0.5) is 0 Å². The zero-order valence-electron chi connectivity index (χ0n) is 20.3. The molecule has 0 aliphatic carbocycles. The smallest absolute Gasteiger partial charge is 0.254 e. The van der Waals surface area contributed by atoms with Crippen LogP contribution in [0.5, 0.6) is 11.5 Å². The fraction of sp³-hybridized carbons (Fsp3) is 0.333. The molecule has 0 N–H and O–H groups in total. The lowest BCUT2D eigenvalue weighted by Gasteiger charge is -2.37. The summed E-state index contributed by atoms with van der Waals surface area (Å²) in [6.45, 7) is 1.39. The number of fused-ring (bicyclic) bond motifs is 1. The summed E-state index contributed by atoms with van der Waals surface area (Å²) in [5, 5.41) is 2.51. The third-order valence-electron chi connectivity index (χ3n) is 6.11. The summed E-state index contributed by atoms with van der Waals surface area (Å²) in [7, 11) is 3.18. The van der Waals surface area contributed by atoms with E-state index in [1.54, 1.807) is 49.8 Å². The molecule has 0 saturated heterocycles. The van der Waals surface area contributed by atoms with Crippen molar-refractivity contribution in [3.63, 3.8) is 0 Å². The van der Waals surface area contributed by atoms with Gasteiger partial charge in [0.05, 0.1) is 19.8 Å². The Morgan fingerprint density at radius 1 is 1.11 bits per heavy atom. The molecule has 1 aromatic heterocycles. The van der Waals surface area contributed by atoms with Crippen molar-refractivity contribution in [1.82, 2.24) is 9.80 Å². The number of benzene rings is 2. The molecular formula is C27H29ClN2O5S. The van der Waals surface area contributed by atoms with Crippen molar-refractivity contribution in [3.05, 3.63) is 81.0 Å². The number of ether oxygens (including phenoxy) is 3. The minimum Gasteiger partial charge on any atom is -0.497 e. The van der Waals surface area contributed by atoms with Crippen LogP contribution in [-0.4, -0.2) is 68.7 Å². The Morgan fingerprint density at radius 2 is 1.92 bits per heavy atom. The summed E-state index contributed by atoms with van der Waals surface area (Å²) < 4.78 is 16.6. The van der Waals surface area contributed by atoms with Crippen LogP contribution in [0.25, 0.3) is 0 Å².